The Kier molecular flexibility index (Phi) is 4.57. The molecule has 2 aromatic carbocycles. The summed E-state index contributed by atoms with van der Waals surface area (Å²) in [7, 11) is 0. The largest absolute Gasteiger partial charge is 0.494 e. The number of Topliss-reactive ketones (excluding diaryl/α,β-unsaturated/α-hetero) is 1. The van der Waals surface area contributed by atoms with E-state index < -0.39 is 0 Å². The molecule has 0 aliphatic heterocycles. The average molecular weight is 268 g/mol. The molecule has 2 aromatic rings. The number of hydrogen-bond donors (Lipinski definition) is 0. The molecule has 0 atom stereocenters. The molecule has 2 rings (SSSR count). The van der Waals surface area contributed by atoms with Gasteiger partial charge in [0.25, 0.3) is 0 Å². The fourth-order valence-electron chi connectivity index (χ4n) is 2.19. The van der Waals surface area contributed by atoms with Crippen molar-refractivity contribution in [3.8, 4) is 5.75 Å². The lowest BCUT2D eigenvalue weighted by Crippen LogP contribution is -2.05. The summed E-state index contributed by atoms with van der Waals surface area (Å²) in [4.78, 5) is 12.4. The van der Waals surface area contributed by atoms with Crippen LogP contribution in [0.3, 0.4) is 0 Å². The van der Waals surface area contributed by atoms with Crippen molar-refractivity contribution in [2.24, 2.45) is 0 Å². The van der Waals surface area contributed by atoms with E-state index in [4.69, 9.17) is 4.74 Å². The number of carbonyl (C=O) groups is 1. The van der Waals surface area contributed by atoms with Crippen LogP contribution in [0.2, 0.25) is 0 Å². The second-order valence-electron chi connectivity index (χ2n) is 4.99. The topological polar surface area (TPSA) is 26.3 Å². The summed E-state index contributed by atoms with van der Waals surface area (Å²) in [6.45, 7) is 6.63. The van der Waals surface area contributed by atoms with Crippen LogP contribution in [-0.4, -0.2) is 12.4 Å². The van der Waals surface area contributed by atoms with E-state index >= 15 is 0 Å². The van der Waals surface area contributed by atoms with Gasteiger partial charge in [-0.25, -0.2) is 0 Å². The van der Waals surface area contributed by atoms with Crippen molar-refractivity contribution in [1.82, 2.24) is 0 Å². The molecule has 2 nitrogen and oxygen atoms in total. The third kappa shape index (κ3) is 3.47. The van der Waals surface area contributed by atoms with Gasteiger partial charge in [0, 0.05) is 12.0 Å². The second-order valence-corrected chi connectivity index (χ2v) is 4.99. The molecule has 0 aliphatic rings. The lowest BCUT2D eigenvalue weighted by molar-refractivity contribution is 0.0992. The standard InChI is InChI=1S/C18H20O2/c1-4-20-17-7-5-6-15(11-17)18(19)12-16-10-13(2)8-9-14(16)3/h5-11H,4,12H2,1-3H3. The van der Waals surface area contributed by atoms with Crippen molar-refractivity contribution in [2.75, 3.05) is 6.61 Å². The highest BCUT2D eigenvalue weighted by molar-refractivity contribution is 5.98. The Morgan fingerprint density at radius 3 is 2.65 bits per heavy atom. The van der Waals surface area contributed by atoms with Gasteiger partial charge in [0.1, 0.15) is 5.75 Å². The molecule has 0 unspecified atom stereocenters. The molecule has 0 aliphatic carbocycles. The van der Waals surface area contributed by atoms with Crippen LogP contribution in [0.15, 0.2) is 42.5 Å². The molecule has 0 spiro atoms. The van der Waals surface area contributed by atoms with Crippen molar-refractivity contribution in [2.45, 2.75) is 27.2 Å². The van der Waals surface area contributed by atoms with Crippen molar-refractivity contribution in [3.05, 3.63) is 64.7 Å². The average Bonchev–Trinajstić information content (AvgIpc) is 2.43. The Hall–Kier alpha value is -2.09. The Morgan fingerprint density at radius 1 is 1.10 bits per heavy atom. The van der Waals surface area contributed by atoms with Gasteiger partial charge in [0.2, 0.25) is 0 Å². The number of rotatable bonds is 5. The minimum absolute atomic E-state index is 0.125. The van der Waals surface area contributed by atoms with Gasteiger partial charge in [-0.15, -0.1) is 0 Å². The molecule has 0 N–H and O–H groups in total. The van der Waals surface area contributed by atoms with E-state index in [0.717, 1.165) is 16.9 Å². The highest BCUT2D eigenvalue weighted by Gasteiger charge is 2.10. The van der Waals surface area contributed by atoms with E-state index in [9.17, 15) is 4.79 Å². The molecule has 0 bridgehead atoms. The van der Waals surface area contributed by atoms with E-state index in [1.165, 1.54) is 5.56 Å². The summed E-state index contributed by atoms with van der Waals surface area (Å²) < 4.78 is 5.44. The first-order valence-electron chi connectivity index (χ1n) is 6.92. The number of hydrogen-bond acceptors (Lipinski definition) is 2. The number of carbonyl (C=O) groups excluding carboxylic acids is 1. The molecule has 0 heterocycles. The maximum absolute atomic E-state index is 12.4. The lowest BCUT2D eigenvalue weighted by atomic mass is 9.98. The minimum atomic E-state index is 0.125. The minimum Gasteiger partial charge on any atom is -0.494 e. The van der Waals surface area contributed by atoms with Crippen molar-refractivity contribution in [1.29, 1.82) is 0 Å². The van der Waals surface area contributed by atoms with E-state index in [2.05, 4.69) is 18.2 Å². The van der Waals surface area contributed by atoms with Crippen LogP contribution in [0.4, 0.5) is 0 Å². The number of ketones is 1. The molecule has 20 heavy (non-hydrogen) atoms. The van der Waals surface area contributed by atoms with Crippen molar-refractivity contribution in [3.63, 3.8) is 0 Å². The zero-order chi connectivity index (χ0) is 14.5. The van der Waals surface area contributed by atoms with Gasteiger partial charge in [0.05, 0.1) is 6.61 Å². The van der Waals surface area contributed by atoms with E-state index in [0.29, 0.717) is 18.6 Å². The van der Waals surface area contributed by atoms with Gasteiger partial charge < -0.3 is 4.74 Å². The normalized spacial score (nSPS) is 10.3. The predicted octanol–water partition coefficient (Wildman–Crippen LogP) is 4.13. The molecular weight excluding hydrogens is 248 g/mol. The van der Waals surface area contributed by atoms with Gasteiger partial charge in [-0.2, -0.15) is 0 Å². The Bertz CT molecular complexity index is 615. The van der Waals surface area contributed by atoms with Crippen LogP contribution in [-0.2, 0) is 6.42 Å². The fourth-order valence-corrected chi connectivity index (χ4v) is 2.19. The van der Waals surface area contributed by atoms with E-state index in [-0.39, 0.29) is 5.78 Å². The first-order valence-corrected chi connectivity index (χ1v) is 6.92. The van der Waals surface area contributed by atoms with Gasteiger partial charge in [-0.3, -0.25) is 4.79 Å². The first-order chi connectivity index (χ1) is 9.60. The molecule has 0 saturated heterocycles. The molecule has 0 amide bonds. The predicted molar refractivity (Wildman–Crippen MR) is 81.6 cm³/mol. The third-order valence-corrected chi connectivity index (χ3v) is 3.32. The molecule has 0 saturated carbocycles. The molecule has 0 fully saturated rings. The Labute approximate surface area is 120 Å². The van der Waals surface area contributed by atoms with Crippen LogP contribution in [0.1, 0.15) is 34.0 Å². The Balaban J connectivity index is 2.19. The van der Waals surface area contributed by atoms with E-state index in [1.54, 1.807) is 0 Å². The van der Waals surface area contributed by atoms with Crippen LogP contribution in [0.25, 0.3) is 0 Å². The first kappa shape index (κ1) is 14.3. The lowest BCUT2D eigenvalue weighted by Gasteiger charge is -2.08. The smallest absolute Gasteiger partial charge is 0.167 e. The fraction of sp³-hybridized carbons (Fsp3) is 0.278. The number of ether oxygens (including phenoxy) is 1. The van der Waals surface area contributed by atoms with Crippen LogP contribution in [0.5, 0.6) is 5.75 Å². The summed E-state index contributed by atoms with van der Waals surface area (Å²) in [6.07, 6.45) is 0.434. The van der Waals surface area contributed by atoms with Crippen LogP contribution in [0, 0.1) is 13.8 Å². The monoisotopic (exact) mass is 268 g/mol. The van der Waals surface area contributed by atoms with Crippen LogP contribution < -0.4 is 4.74 Å². The summed E-state index contributed by atoms with van der Waals surface area (Å²) in [5.74, 6) is 0.875. The highest BCUT2D eigenvalue weighted by Crippen LogP contribution is 2.17. The number of benzene rings is 2. The summed E-state index contributed by atoms with van der Waals surface area (Å²) >= 11 is 0. The van der Waals surface area contributed by atoms with Crippen molar-refractivity contribution >= 4 is 5.78 Å². The zero-order valence-corrected chi connectivity index (χ0v) is 12.3. The zero-order valence-electron chi connectivity index (χ0n) is 12.3. The van der Waals surface area contributed by atoms with Gasteiger partial charge in [-0.1, -0.05) is 35.9 Å². The third-order valence-electron chi connectivity index (χ3n) is 3.32. The summed E-state index contributed by atoms with van der Waals surface area (Å²) in [5.41, 5.74) is 4.14. The number of aryl methyl sites for hydroxylation is 2. The quantitative estimate of drug-likeness (QED) is 0.762. The molecule has 0 aromatic heterocycles. The second kappa shape index (κ2) is 6.38. The van der Waals surface area contributed by atoms with Gasteiger partial charge in [0.15, 0.2) is 5.78 Å². The molecule has 104 valence electrons. The SMILES string of the molecule is CCOc1cccc(C(=O)Cc2cc(C)ccc2C)c1. The molecule has 0 radical (unpaired) electrons. The maximum Gasteiger partial charge on any atom is 0.167 e. The summed E-state index contributed by atoms with van der Waals surface area (Å²) in [6, 6.07) is 13.6. The molecular formula is C18H20O2. The molecule has 2 heteroatoms. The Morgan fingerprint density at radius 2 is 1.90 bits per heavy atom. The summed E-state index contributed by atoms with van der Waals surface area (Å²) in [5, 5.41) is 0. The van der Waals surface area contributed by atoms with E-state index in [1.807, 2.05) is 45.0 Å². The highest BCUT2D eigenvalue weighted by atomic mass is 16.5. The van der Waals surface area contributed by atoms with Crippen LogP contribution >= 0.6 is 0 Å². The van der Waals surface area contributed by atoms with Gasteiger partial charge >= 0.3 is 0 Å². The van der Waals surface area contributed by atoms with Gasteiger partial charge in [-0.05, 0) is 44.0 Å². The maximum atomic E-state index is 12.4. The van der Waals surface area contributed by atoms with Crippen molar-refractivity contribution < 1.29 is 9.53 Å².